The van der Waals surface area contributed by atoms with Crippen molar-refractivity contribution in [2.75, 3.05) is 36.8 Å². The number of nitrogens with zero attached hydrogens (tertiary/aromatic N) is 4. The fraction of sp³-hybridized carbons (Fsp3) is 0.250. The van der Waals surface area contributed by atoms with Gasteiger partial charge in [0.15, 0.2) is 10.7 Å². The van der Waals surface area contributed by atoms with Gasteiger partial charge >= 0.3 is 0 Å². The second-order valence-electron chi connectivity index (χ2n) is 6.63. The first kappa shape index (κ1) is 18.7. The average molecular weight is 443 g/mol. The number of para-hydroxylation sites is 2. The van der Waals surface area contributed by atoms with Crippen LogP contribution in [0.1, 0.15) is 0 Å². The maximum absolute atomic E-state index is 12.6. The van der Waals surface area contributed by atoms with E-state index in [0.717, 1.165) is 35.0 Å². The summed E-state index contributed by atoms with van der Waals surface area (Å²) in [7, 11) is 0. The third-order valence-electron chi connectivity index (χ3n) is 4.81. The van der Waals surface area contributed by atoms with E-state index in [9.17, 15) is 4.79 Å². The van der Waals surface area contributed by atoms with Crippen LogP contribution in [-0.2, 0) is 4.79 Å². The van der Waals surface area contributed by atoms with Crippen LogP contribution in [0.4, 0.5) is 5.13 Å². The van der Waals surface area contributed by atoms with E-state index in [1.165, 1.54) is 17.3 Å². The lowest BCUT2D eigenvalue weighted by Crippen LogP contribution is -2.49. The largest absolute Gasteiger partial charge is 0.431 e. The Labute approximate surface area is 180 Å². The normalized spacial score (nSPS) is 14.6. The van der Waals surface area contributed by atoms with Gasteiger partial charge in [-0.25, -0.2) is 9.97 Å². The molecule has 4 aromatic rings. The third-order valence-corrected chi connectivity index (χ3v) is 7.20. The fourth-order valence-corrected chi connectivity index (χ4v) is 5.51. The second kappa shape index (κ2) is 8.17. The van der Waals surface area contributed by atoms with Crippen LogP contribution in [0.25, 0.3) is 22.4 Å². The summed E-state index contributed by atoms with van der Waals surface area (Å²) in [5, 5.41) is 7.86. The Balaban J connectivity index is 1.14. The molecule has 1 fully saturated rings. The first-order chi connectivity index (χ1) is 14.3. The number of hydrogen-bond acceptors (Lipinski definition) is 8. The summed E-state index contributed by atoms with van der Waals surface area (Å²) in [6.07, 6.45) is 0. The molecule has 148 valence electrons. The Morgan fingerprint density at radius 3 is 2.76 bits per heavy atom. The van der Waals surface area contributed by atoms with E-state index >= 15 is 0 Å². The van der Waals surface area contributed by atoms with Crippen LogP contribution in [0.3, 0.4) is 0 Å². The number of oxazole rings is 1. The molecule has 9 heteroatoms. The molecule has 0 radical (unpaired) electrons. The lowest BCUT2D eigenvalue weighted by molar-refractivity contribution is -0.128. The van der Waals surface area contributed by atoms with Gasteiger partial charge < -0.3 is 14.2 Å². The molecule has 0 N–H and O–H groups in total. The van der Waals surface area contributed by atoms with Crippen molar-refractivity contribution < 1.29 is 9.21 Å². The van der Waals surface area contributed by atoms with Gasteiger partial charge in [0.2, 0.25) is 5.91 Å². The van der Waals surface area contributed by atoms with Crippen molar-refractivity contribution in [2.45, 2.75) is 5.22 Å². The number of anilines is 1. The minimum Gasteiger partial charge on any atom is -0.431 e. The molecule has 1 saturated heterocycles. The van der Waals surface area contributed by atoms with E-state index in [0.29, 0.717) is 24.1 Å². The maximum Gasteiger partial charge on any atom is 0.257 e. The summed E-state index contributed by atoms with van der Waals surface area (Å²) in [4.78, 5) is 26.0. The zero-order valence-electron chi connectivity index (χ0n) is 15.5. The number of piperazine rings is 1. The van der Waals surface area contributed by atoms with Crippen molar-refractivity contribution >= 4 is 56.6 Å². The molecular weight excluding hydrogens is 424 g/mol. The van der Waals surface area contributed by atoms with Crippen LogP contribution in [-0.4, -0.2) is 52.7 Å². The number of amides is 1. The standard InChI is InChI=1S/C20H18N4O2S3/c25-18(13-29-20-22-15-3-1-2-4-17(15)26-20)23-6-8-24(9-7-23)19-21-16(12-28-19)14-5-10-27-11-14/h1-5,10-12H,6-9,13H2. The number of carbonyl (C=O) groups is 1. The summed E-state index contributed by atoms with van der Waals surface area (Å²) in [6.45, 7) is 3.02. The molecule has 4 heterocycles. The quantitative estimate of drug-likeness (QED) is 0.426. The maximum atomic E-state index is 12.6. The second-order valence-corrected chi connectivity index (χ2v) is 9.17. The number of thiophene rings is 1. The Morgan fingerprint density at radius 1 is 1.10 bits per heavy atom. The van der Waals surface area contributed by atoms with Crippen LogP contribution < -0.4 is 4.90 Å². The number of rotatable bonds is 5. The van der Waals surface area contributed by atoms with Crippen molar-refractivity contribution in [1.82, 2.24) is 14.9 Å². The molecule has 6 nitrogen and oxygen atoms in total. The van der Waals surface area contributed by atoms with Gasteiger partial charge in [0.1, 0.15) is 5.52 Å². The van der Waals surface area contributed by atoms with Gasteiger partial charge in [-0.2, -0.15) is 11.3 Å². The molecule has 1 amide bonds. The average Bonchev–Trinajstić information content (AvgIpc) is 3.52. The van der Waals surface area contributed by atoms with Crippen LogP contribution in [0, 0.1) is 0 Å². The Kier molecular flexibility index (Phi) is 5.26. The van der Waals surface area contributed by atoms with Crippen molar-refractivity contribution in [3.05, 3.63) is 46.5 Å². The van der Waals surface area contributed by atoms with Crippen LogP contribution in [0.15, 0.2) is 56.1 Å². The number of carbonyl (C=O) groups excluding carboxylic acids is 1. The molecule has 1 aliphatic heterocycles. The smallest absolute Gasteiger partial charge is 0.257 e. The number of thiazole rings is 1. The molecule has 5 rings (SSSR count). The van der Waals surface area contributed by atoms with Gasteiger partial charge in [0, 0.05) is 42.5 Å². The molecule has 3 aromatic heterocycles. The summed E-state index contributed by atoms with van der Waals surface area (Å²) in [6, 6.07) is 9.73. The first-order valence-corrected chi connectivity index (χ1v) is 12.1. The number of aromatic nitrogens is 2. The molecule has 29 heavy (non-hydrogen) atoms. The van der Waals surface area contributed by atoms with Gasteiger partial charge in [-0.15, -0.1) is 11.3 Å². The highest BCUT2D eigenvalue weighted by atomic mass is 32.2. The highest BCUT2D eigenvalue weighted by Crippen LogP contribution is 2.29. The molecule has 0 bridgehead atoms. The lowest BCUT2D eigenvalue weighted by Gasteiger charge is -2.34. The topological polar surface area (TPSA) is 62.5 Å². The predicted molar refractivity (Wildman–Crippen MR) is 119 cm³/mol. The minimum atomic E-state index is 0.120. The van der Waals surface area contributed by atoms with E-state index in [1.54, 1.807) is 22.7 Å². The van der Waals surface area contributed by atoms with Gasteiger partial charge in [-0.3, -0.25) is 4.79 Å². The highest BCUT2D eigenvalue weighted by Gasteiger charge is 2.23. The number of fused-ring (bicyclic) bond motifs is 1. The molecule has 0 atom stereocenters. The van der Waals surface area contributed by atoms with Gasteiger partial charge in [-0.1, -0.05) is 23.9 Å². The molecule has 0 spiro atoms. The summed E-state index contributed by atoms with van der Waals surface area (Å²) >= 11 is 4.70. The predicted octanol–water partition coefficient (Wildman–Crippen LogP) is 4.45. The Bertz CT molecular complexity index is 1080. The molecule has 1 aromatic carbocycles. The first-order valence-electron chi connectivity index (χ1n) is 9.25. The molecule has 1 aliphatic rings. The number of thioether (sulfide) groups is 1. The fourth-order valence-electron chi connectivity index (χ4n) is 3.23. The van der Waals surface area contributed by atoms with Crippen molar-refractivity contribution in [1.29, 1.82) is 0 Å². The van der Waals surface area contributed by atoms with E-state index in [2.05, 4.69) is 32.1 Å². The van der Waals surface area contributed by atoms with Gasteiger partial charge in [-0.05, 0) is 23.6 Å². The molecule has 0 unspecified atom stereocenters. The van der Waals surface area contributed by atoms with Crippen molar-refractivity contribution in [3.8, 4) is 11.3 Å². The zero-order chi connectivity index (χ0) is 19.6. The van der Waals surface area contributed by atoms with Crippen molar-refractivity contribution in [3.63, 3.8) is 0 Å². The zero-order valence-corrected chi connectivity index (χ0v) is 17.9. The van der Waals surface area contributed by atoms with Crippen LogP contribution in [0.5, 0.6) is 0 Å². The van der Waals surface area contributed by atoms with Crippen LogP contribution >= 0.6 is 34.4 Å². The summed E-state index contributed by atoms with van der Waals surface area (Å²) in [5.41, 5.74) is 3.77. The monoisotopic (exact) mass is 442 g/mol. The third kappa shape index (κ3) is 4.03. The Morgan fingerprint density at radius 2 is 1.97 bits per heavy atom. The lowest BCUT2D eigenvalue weighted by atomic mass is 10.3. The number of hydrogen-bond donors (Lipinski definition) is 0. The minimum absolute atomic E-state index is 0.120. The number of benzene rings is 1. The van der Waals surface area contributed by atoms with E-state index in [-0.39, 0.29) is 5.91 Å². The van der Waals surface area contributed by atoms with Gasteiger partial charge in [0.25, 0.3) is 5.22 Å². The summed E-state index contributed by atoms with van der Waals surface area (Å²) < 4.78 is 5.68. The van der Waals surface area contributed by atoms with Crippen molar-refractivity contribution in [2.24, 2.45) is 0 Å². The SMILES string of the molecule is O=C(CSc1nc2ccccc2o1)N1CCN(c2nc(-c3ccsc3)cs2)CC1. The highest BCUT2D eigenvalue weighted by molar-refractivity contribution is 7.99. The van der Waals surface area contributed by atoms with E-state index < -0.39 is 0 Å². The molecule has 0 saturated carbocycles. The summed E-state index contributed by atoms with van der Waals surface area (Å²) in [5.74, 6) is 0.460. The van der Waals surface area contributed by atoms with Gasteiger partial charge in [0.05, 0.1) is 11.4 Å². The van der Waals surface area contributed by atoms with Crippen LogP contribution in [0.2, 0.25) is 0 Å². The van der Waals surface area contributed by atoms with E-state index in [4.69, 9.17) is 9.40 Å². The Hall–Kier alpha value is -2.36. The van der Waals surface area contributed by atoms with E-state index in [1.807, 2.05) is 29.2 Å². The molecular formula is C20H18N4O2S3. The molecule has 0 aliphatic carbocycles.